The largest absolute Gasteiger partial charge is 0.416 e. The van der Waals surface area contributed by atoms with Crippen LogP contribution in [0.3, 0.4) is 0 Å². The summed E-state index contributed by atoms with van der Waals surface area (Å²) in [4.78, 5) is 8.74. The summed E-state index contributed by atoms with van der Waals surface area (Å²) in [5.74, 6) is -0.471. The Morgan fingerprint density at radius 1 is 1.21 bits per heavy atom. The van der Waals surface area contributed by atoms with E-state index in [2.05, 4.69) is 39.5 Å². The van der Waals surface area contributed by atoms with Crippen LogP contribution in [0, 0.1) is 5.82 Å². The third kappa shape index (κ3) is 7.36. The van der Waals surface area contributed by atoms with Gasteiger partial charge >= 0.3 is 6.18 Å². The Balaban J connectivity index is 0.00000392. The molecule has 1 atom stereocenters. The minimum atomic E-state index is -4.62. The molecule has 1 saturated heterocycles. The van der Waals surface area contributed by atoms with Gasteiger partial charge in [0.05, 0.1) is 12.1 Å². The number of nitrogens with one attached hydrogen (secondary N) is 2. The highest BCUT2D eigenvalue weighted by atomic mass is 127. The topological polar surface area (TPSA) is 42.9 Å². The summed E-state index contributed by atoms with van der Waals surface area (Å²) in [6.07, 6.45) is -4.62. The van der Waals surface area contributed by atoms with Gasteiger partial charge in [0.2, 0.25) is 0 Å². The molecule has 0 spiro atoms. The number of guanidine groups is 1. The van der Waals surface area contributed by atoms with E-state index in [-0.39, 0.29) is 42.1 Å². The molecule has 10 heteroatoms. The maximum atomic E-state index is 13.2. The molecule has 1 aromatic rings. The lowest BCUT2D eigenvalue weighted by Crippen LogP contribution is -2.55. The van der Waals surface area contributed by atoms with Crippen LogP contribution in [0.5, 0.6) is 0 Å². The van der Waals surface area contributed by atoms with Gasteiger partial charge in [0.15, 0.2) is 5.96 Å². The number of benzene rings is 1. The summed E-state index contributed by atoms with van der Waals surface area (Å²) < 4.78 is 52.6. The van der Waals surface area contributed by atoms with Crippen LogP contribution in [0.2, 0.25) is 0 Å². The van der Waals surface area contributed by atoms with Gasteiger partial charge in [-0.25, -0.2) is 9.38 Å². The smallest absolute Gasteiger partial charge is 0.357 e. The fourth-order valence-corrected chi connectivity index (χ4v) is 2.99. The lowest BCUT2D eigenvalue weighted by Gasteiger charge is -2.37. The lowest BCUT2D eigenvalue weighted by molar-refractivity contribution is -0.138. The van der Waals surface area contributed by atoms with Crippen molar-refractivity contribution in [1.82, 2.24) is 20.4 Å². The second kappa shape index (κ2) is 11.1. The van der Waals surface area contributed by atoms with E-state index >= 15 is 0 Å². The molecule has 0 aliphatic carbocycles. The number of halogens is 5. The van der Waals surface area contributed by atoms with Gasteiger partial charge in [0.25, 0.3) is 0 Å². The van der Waals surface area contributed by atoms with Crippen molar-refractivity contribution in [2.24, 2.45) is 4.99 Å². The quantitative estimate of drug-likeness (QED) is 0.273. The first-order valence-corrected chi connectivity index (χ1v) is 8.97. The van der Waals surface area contributed by atoms with E-state index in [0.29, 0.717) is 25.1 Å². The minimum Gasteiger partial charge on any atom is -0.357 e. The molecule has 160 valence electrons. The average molecular weight is 517 g/mol. The molecule has 0 saturated carbocycles. The van der Waals surface area contributed by atoms with Gasteiger partial charge in [-0.15, -0.1) is 24.0 Å². The van der Waals surface area contributed by atoms with Crippen molar-refractivity contribution in [1.29, 1.82) is 0 Å². The highest BCUT2D eigenvalue weighted by Gasteiger charge is 2.33. The Labute approximate surface area is 180 Å². The van der Waals surface area contributed by atoms with Gasteiger partial charge in [-0.2, -0.15) is 13.2 Å². The molecule has 2 rings (SSSR count). The van der Waals surface area contributed by atoms with Gasteiger partial charge < -0.3 is 15.5 Å². The third-order valence-corrected chi connectivity index (χ3v) is 4.61. The van der Waals surface area contributed by atoms with E-state index in [1.807, 2.05) is 6.92 Å². The second-order valence-corrected chi connectivity index (χ2v) is 6.77. The van der Waals surface area contributed by atoms with Crippen molar-refractivity contribution in [2.75, 3.05) is 46.8 Å². The van der Waals surface area contributed by atoms with E-state index in [9.17, 15) is 17.6 Å². The predicted octanol–water partition coefficient (Wildman–Crippen LogP) is 2.76. The first-order chi connectivity index (χ1) is 12.7. The van der Waals surface area contributed by atoms with Crippen molar-refractivity contribution in [3.05, 3.63) is 35.1 Å². The maximum absolute atomic E-state index is 13.2. The number of rotatable bonds is 5. The van der Waals surface area contributed by atoms with E-state index in [4.69, 9.17) is 0 Å². The van der Waals surface area contributed by atoms with Crippen molar-refractivity contribution < 1.29 is 17.6 Å². The molecule has 0 bridgehead atoms. The molecule has 1 heterocycles. The number of hydrogen-bond acceptors (Lipinski definition) is 3. The molecule has 2 N–H and O–H groups in total. The summed E-state index contributed by atoms with van der Waals surface area (Å²) in [5.41, 5.74) is -1.05. The number of aliphatic imine (C=N–C) groups is 1. The number of likely N-dealkylation sites (N-methyl/N-ethyl adjacent to an activating group) is 2. The van der Waals surface area contributed by atoms with Crippen LogP contribution in [0.1, 0.15) is 18.1 Å². The third-order valence-electron chi connectivity index (χ3n) is 4.61. The molecule has 1 aliphatic rings. The Kier molecular flexibility index (Phi) is 9.91. The molecule has 1 aromatic carbocycles. The summed E-state index contributed by atoms with van der Waals surface area (Å²) in [6, 6.07) is 2.95. The molecular weight excluding hydrogens is 489 g/mol. The van der Waals surface area contributed by atoms with Crippen LogP contribution in [-0.2, 0) is 12.7 Å². The SMILES string of the molecule is CCNC(=NCc1ccc(F)cc1C(F)(F)F)NCC1CN(C)CCN1C.I. The monoisotopic (exact) mass is 517 g/mol. The van der Waals surface area contributed by atoms with Crippen molar-refractivity contribution >= 4 is 29.9 Å². The van der Waals surface area contributed by atoms with Crippen LogP contribution < -0.4 is 10.6 Å². The van der Waals surface area contributed by atoms with Crippen molar-refractivity contribution in [3.8, 4) is 0 Å². The standard InChI is InChI=1S/C18H27F4N5.HI/c1-4-23-17(25-11-15-12-26(2)7-8-27(15)3)24-10-13-5-6-14(19)9-16(13)18(20,21)22;/h5-6,9,15H,4,7-8,10-12H2,1-3H3,(H2,23,24,25);1H. The van der Waals surface area contributed by atoms with Crippen molar-refractivity contribution in [2.45, 2.75) is 25.7 Å². The molecule has 1 unspecified atom stereocenters. The second-order valence-electron chi connectivity index (χ2n) is 6.77. The van der Waals surface area contributed by atoms with Crippen LogP contribution >= 0.6 is 24.0 Å². The zero-order valence-electron chi connectivity index (χ0n) is 16.3. The highest BCUT2D eigenvalue weighted by Crippen LogP contribution is 2.32. The van der Waals surface area contributed by atoms with Gasteiger partial charge in [-0.3, -0.25) is 4.90 Å². The zero-order valence-corrected chi connectivity index (χ0v) is 18.6. The normalized spacial score (nSPS) is 19.2. The van der Waals surface area contributed by atoms with Crippen molar-refractivity contribution in [3.63, 3.8) is 0 Å². The van der Waals surface area contributed by atoms with E-state index in [0.717, 1.165) is 31.8 Å². The average Bonchev–Trinajstić information content (AvgIpc) is 2.60. The number of hydrogen-bond donors (Lipinski definition) is 2. The summed E-state index contributed by atoms with van der Waals surface area (Å²) in [7, 11) is 4.12. The molecule has 1 fully saturated rings. The van der Waals surface area contributed by atoms with Gasteiger partial charge in [-0.05, 0) is 38.7 Å². The summed E-state index contributed by atoms with van der Waals surface area (Å²) in [6.45, 7) is 5.78. The van der Waals surface area contributed by atoms with Crippen LogP contribution in [0.4, 0.5) is 17.6 Å². The molecule has 5 nitrogen and oxygen atoms in total. The Morgan fingerprint density at radius 3 is 2.57 bits per heavy atom. The maximum Gasteiger partial charge on any atom is 0.416 e. The number of piperazine rings is 1. The zero-order chi connectivity index (χ0) is 20.0. The fraction of sp³-hybridized carbons (Fsp3) is 0.611. The van der Waals surface area contributed by atoms with Crippen LogP contribution in [0.25, 0.3) is 0 Å². The summed E-state index contributed by atoms with van der Waals surface area (Å²) >= 11 is 0. The van der Waals surface area contributed by atoms with E-state index < -0.39 is 17.6 Å². The van der Waals surface area contributed by atoms with Gasteiger partial charge in [0, 0.05) is 38.8 Å². The first-order valence-electron chi connectivity index (χ1n) is 8.97. The fourth-order valence-electron chi connectivity index (χ4n) is 2.99. The Bertz CT molecular complexity index is 653. The minimum absolute atomic E-state index is 0. The van der Waals surface area contributed by atoms with Crippen LogP contribution in [-0.4, -0.2) is 68.6 Å². The highest BCUT2D eigenvalue weighted by molar-refractivity contribution is 14.0. The first kappa shape index (κ1) is 24.9. The molecule has 1 aliphatic heterocycles. The van der Waals surface area contributed by atoms with Gasteiger partial charge in [-0.1, -0.05) is 6.07 Å². The summed E-state index contributed by atoms with van der Waals surface area (Å²) in [5, 5.41) is 6.24. The Hall–Kier alpha value is -1.14. The molecule has 0 radical (unpaired) electrons. The predicted molar refractivity (Wildman–Crippen MR) is 114 cm³/mol. The molecular formula is C18H28F4IN5. The van der Waals surface area contributed by atoms with E-state index in [1.54, 1.807) is 0 Å². The Morgan fingerprint density at radius 2 is 1.93 bits per heavy atom. The molecule has 0 amide bonds. The molecule has 0 aromatic heterocycles. The molecule has 28 heavy (non-hydrogen) atoms. The number of alkyl halides is 3. The van der Waals surface area contributed by atoms with E-state index in [1.165, 1.54) is 0 Å². The number of nitrogens with zero attached hydrogens (tertiary/aromatic N) is 3. The van der Waals surface area contributed by atoms with Gasteiger partial charge in [0.1, 0.15) is 5.82 Å². The lowest BCUT2D eigenvalue weighted by atomic mass is 10.1. The van der Waals surface area contributed by atoms with Crippen LogP contribution in [0.15, 0.2) is 23.2 Å².